The van der Waals surface area contributed by atoms with Crippen LogP contribution < -0.4 is 5.32 Å². The van der Waals surface area contributed by atoms with Gasteiger partial charge >= 0.3 is 0 Å². The van der Waals surface area contributed by atoms with Crippen molar-refractivity contribution in [2.24, 2.45) is 11.0 Å². The Morgan fingerprint density at radius 2 is 2.17 bits per heavy atom. The summed E-state index contributed by atoms with van der Waals surface area (Å²) in [5.74, 6) is -0.295. The van der Waals surface area contributed by atoms with Crippen molar-refractivity contribution in [1.82, 2.24) is 10.3 Å². The Morgan fingerprint density at radius 1 is 1.48 bits per heavy atom. The first-order chi connectivity index (χ1) is 10.8. The van der Waals surface area contributed by atoms with Crippen LogP contribution in [0.3, 0.4) is 0 Å². The summed E-state index contributed by atoms with van der Waals surface area (Å²) < 4.78 is 5.55. The number of hydrazone groups is 1. The number of carbonyl (C=O) groups is 1. The number of amides is 1. The van der Waals surface area contributed by atoms with Gasteiger partial charge in [0.2, 0.25) is 5.91 Å². The summed E-state index contributed by atoms with van der Waals surface area (Å²) in [7, 11) is 3.44. The topological polar surface area (TPSA) is 53.9 Å². The number of hydrogen-bond donors (Lipinski definition) is 1. The summed E-state index contributed by atoms with van der Waals surface area (Å²) in [6.45, 7) is 4.34. The van der Waals surface area contributed by atoms with Gasteiger partial charge in [-0.25, -0.2) is 0 Å². The van der Waals surface area contributed by atoms with E-state index in [1.165, 1.54) is 0 Å². The number of rotatable bonds is 5. The number of hydrogen-bond acceptors (Lipinski definition) is 4. The van der Waals surface area contributed by atoms with Gasteiger partial charge in [-0.2, -0.15) is 5.10 Å². The van der Waals surface area contributed by atoms with Crippen molar-refractivity contribution < 1.29 is 9.53 Å². The molecule has 3 unspecified atom stereocenters. The summed E-state index contributed by atoms with van der Waals surface area (Å²) in [6.07, 6.45) is -0.361. The Bertz CT molecular complexity index is 621. The Balaban J connectivity index is 2.10. The molecule has 0 bridgehead atoms. The van der Waals surface area contributed by atoms with Crippen LogP contribution in [0.25, 0.3) is 0 Å². The minimum Gasteiger partial charge on any atom is -0.375 e. The van der Waals surface area contributed by atoms with Crippen molar-refractivity contribution in [2.75, 3.05) is 20.7 Å². The second-order valence-corrected chi connectivity index (χ2v) is 6.60. The summed E-state index contributed by atoms with van der Waals surface area (Å²) in [4.78, 5) is 12.5. The molecule has 126 valence electrons. The van der Waals surface area contributed by atoms with Gasteiger partial charge in [0.25, 0.3) is 0 Å². The zero-order valence-electron chi connectivity index (χ0n) is 13.6. The zero-order valence-corrected chi connectivity index (χ0v) is 15.1. The number of nitrogens with zero attached hydrogens (tertiary/aromatic N) is 2. The van der Waals surface area contributed by atoms with Gasteiger partial charge in [-0.15, -0.1) is 0 Å². The lowest BCUT2D eigenvalue weighted by Gasteiger charge is -2.26. The van der Waals surface area contributed by atoms with Gasteiger partial charge in [-0.05, 0) is 26.0 Å². The molecule has 0 spiro atoms. The lowest BCUT2D eigenvalue weighted by molar-refractivity contribution is -0.124. The molecule has 1 aliphatic rings. The van der Waals surface area contributed by atoms with Crippen molar-refractivity contribution in [3.8, 4) is 0 Å². The molecular weight excluding hydrogens is 337 g/mol. The molecule has 1 aliphatic heterocycles. The van der Waals surface area contributed by atoms with Crippen LogP contribution in [-0.2, 0) is 9.53 Å². The molecule has 0 aliphatic carbocycles. The first-order valence-corrected chi connectivity index (χ1v) is 8.13. The first-order valence-electron chi connectivity index (χ1n) is 7.37. The third-order valence-corrected chi connectivity index (χ3v) is 4.51. The van der Waals surface area contributed by atoms with Crippen molar-refractivity contribution in [2.45, 2.75) is 26.0 Å². The minimum absolute atomic E-state index is 0.0600. The van der Waals surface area contributed by atoms with E-state index in [0.29, 0.717) is 16.6 Å². The Kier molecular flexibility index (Phi) is 5.89. The van der Waals surface area contributed by atoms with Crippen LogP contribution in [0.4, 0.5) is 0 Å². The van der Waals surface area contributed by atoms with Gasteiger partial charge in [0, 0.05) is 35.5 Å². The van der Waals surface area contributed by atoms with Gasteiger partial charge in [0.05, 0.1) is 18.5 Å². The summed E-state index contributed by atoms with van der Waals surface area (Å²) >= 11 is 12.2. The third-order valence-electron chi connectivity index (χ3n) is 3.94. The molecule has 7 heteroatoms. The first kappa shape index (κ1) is 18.0. The van der Waals surface area contributed by atoms with Crippen molar-refractivity contribution in [1.29, 1.82) is 0 Å². The normalized spacial score (nSPS) is 20.2. The number of halogens is 2. The highest BCUT2D eigenvalue weighted by Crippen LogP contribution is 2.30. The molecule has 1 heterocycles. The number of carbonyl (C=O) groups excluding carboxylic acids is 1. The van der Waals surface area contributed by atoms with E-state index in [2.05, 4.69) is 10.4 Å². The van der Waals surface area contributed by atoms with Crippen LogP contribution in [0.5, 0.6) is 0 Å². The summed E-state index contributed by atoms with van der Waals surface area (Å²) in [5.41, 5.74) is 1.61. The van der Waals surface area contributed by atoms with Gasteiger partial charge in [-0.1, -0.05) is 29.3 Å². The van der Waals surface area contributed by atoms with Crippen LogP contribution in [-0.4, -0.2) is 43.4 Å². The number of methoxy groups -OCH3 is 1. The van der Waals surface area contributed by atoms with E-state index in [-0.39, 0.29) is 24.0 Å². The molecule has 23 heavy (non-hydrogen) atoms. The maximum atomic E-state index is 12.5. The highest BCUT2D eigenvalue weighted by Gasteiger charge is 2.31. The number of nitrogens with one attached hydrogen (secondary N) is 1. The van der Waals surface area contributed by atoms with Crippen molar-refractivity contribution in [3.63, 3.8) is 0 Å². The summed E-state index contributed by atoms with van der Waals surface area (Å²) in [6, 6.07) is 5.00. The maximum absolute atomic E-state index is 12.5. The van der Waals surface area contributed by atoms with Gasteiger partial charge in [-0.3, -0.25) is 9.80 Å². The van der Waals surface area contributed by atoms with Crippen LogP contribution in [0, 0.1) is 5.92 Å². The second kappa shape index (κ2) is 7.51. The van der Waals surface area contributed by atoms with Crippen LogP contribution in [0.15, 0.2) is 23.3 Å². The van der Waals surface area contributed by atoms with Crippen LogP contribution in [0.2, 0.25) is 10.0 Å². The fourth-order valence-corrected chi connectivity index (χ4v) is 3.30. The molecule has 5 nitrogen and oxygen atoms in total. The van der Waals surface area contributed by atoms with Crippen molar-refractivity contribution >= 4 is 34.8 Å². The molecule has 1 N–H and O–H groups in total. The molecule has 0 radical (unpaired) electrons. The molecule has 2 rings (SSSR count). The van der Waals surface area contributed by atoms with E-state index in [1.807, 2.05) is 27.0 Å². The molecule has 1 amide bonds. The van der Waals surface area contributed by atoms with E-state index in [0.717, 1.165) is 11.3 Å². The number of benzene rings is 1. The molecule has 0 saturated carbocycles. The molecule has 1 aromatic carbocycles. The minimum atomic E-state index is -0.361. The fraction of sp³-hybridized carbons (Fsp3) is 0.500. The number of ether oxygens (including phenoxy) is 1. The average molecular weight is 358 g/mol. The van der Waals surface area contributed by atoms with Crippen molar-refractivity contribution in [3.05, 3.63) is 33.8 Å². The average Bonchev–Trinajstić information content (AvgIpc) is 2.81. The highest BCUT2D eigenvalue weighted by atomic mass is 35.5. The standard InChI is InChI=1S/C16H21Cl2N3O2/c1-9-13(8-21(3)20-9)16(22)19-10(2)15(23-4)12-6-5-11(17)7-14(12)18/h5-7,10,13,15H,8H2,1-4H3,(H,19,22). The fourth-order valence-electron chi connectivity index (χ4n) is 2.78. The van der Waals surface area contributed by atoms with E-state index in [1.54, 1.807) is 24.3 Å². The highest BCUT2D eigenvalue weighted by molar-refractivity contribution is 6.35. The van der Waals surface area contributed by atoms with E-state index in [9.17, 15) is 4.79 Å². The molecule has 0 fully saturated rings. The maximum Gasteiger partial charge on any atom is 0.231 e. The Labute approximate surface area is 146 Å². The molecular formula is C16H21Cl2N3O2. The van der Waals surface area contributed by atoms with E-state index >= 15 is 0 Å². The largest absolute Gasteiger partial charge is 0.375 e. The third kappa shape index (κ3) is 4.16. The van der Waals surface area contributed by atoms with Crippen LogP contribution in [0.1, 0.15) is 25.5 Å². The molecule has 1 aromatic rings. The summed E-state index contributed by atoms with van der Waals surface area (Å²) in [5, 5.41) is 10.1. The lowest BCUT2D eigenvalue weighted by Crippen LogP contribution is -2.43. The monoisotopic (exact) mass is 357 g/mol. The zero-order chi connectivity index (χ0) is 17.1. The quantitative estimate of drug-likeness (QED) is 0.880. The van der Waals surface area contributed by atoms with E-state index < -0.39 is 0 Å². The lowest BCUT2D eigenvalue weighted by atomic mass is 10.0. The second-order valence-electron chi connectivity index (χ2n) is 5.75. The smallest absolute Gasteiger partial charge is 0.231 e. The SMILES string of the molecule is COC(c1ccc(Cl)cc1Cl)C(C)NC(=O)C1CN(C)N=C1C. The Morgan fingerprint density at radius 3 is 2.70 bits per heavy atom. The van der Waals surface area contributed by atoms with Gasteiger partial charge in [0.1, 0.15) is 6.10 Å². The molecule has 3 atom stereocenters. The Hall–Kier alpha value is -1.30. The van der Waals surface area contributed by atoms with Gasteiger partial charge in [0.15, 0.2) is 0 Å². The van der Waals surface area contributed by atoms with Crippen LogP contribution >= 0.6 is 23.2 Å². The predicted octanol–water partition coefficient (Wildman–Crippen LogP) is 3.12. The molecule has 0 aromatic heterocycles. The van der Waals surface area contributed by atoms with Gasteiger partial charge < -0.3 is 10.1 Å². The predicted molar refractivity (Wildman–Crippen MR) is 93.0 cm³/mol. The molecule has 0 saturated heterocycles. The van der Waals surface area contributed by atoms with E-state index in [4.69, 9.17) is 27.9 Å².